The molecule has 0 saturated heterocycles. The Labute approximate surface area is 179 Å². The molecule has 2 amide bonds. The van der Waals surface area contributed by atoms with E-state index < -0.39 is 11.9 Å². The summed E-state index contributed by atoms with van der Waals surface area (Å²) in [5.41, 5.74) is 3.79. The van der Waals surface area contributed by atoms with Gasteiger partial charge in [-0.2, -0.15) is 0 Å². The fraction of sp³-hybridized carbons (Fsp3) is 0.455. The van der Waals surface area contributed by atoms with E-state index in [1.807, 2.05) is 22.4 Å². The molecule has 2 aromatic rings. The van der Waals surface area contributed by atoms with E-state index >= 15 is 0 Å². The van der Waals surface area contributed by atoms with Crippen LogP contribution in [0.15, 0.2) is 23.6 Å². The smallest absolute Gasteiger partial charge is 0.397 e. The van der Waals surface area contributed by atoms with Crippen LogP contribution in [0.4, 0.5) is 10.8 Å². The predicted molar refractivity (Wildman–Crippen MR) is 115 cm³/mol. The monoisotopic (exact) mass is 427 g/mol. The lowest BCUT2D eigenvalue weighted by Gasteiger charge is -2.26. The van der Waals surface area contributed by atoms with Crippen LogP contribution in [-0.4, -0.2) is 35.9 Å². The van der Waals surface area contributed by atoms with Crippen LogP contribution in [0.2, 0.25) is 0 Å². The van der Waals surface area contributed by atoms with Gasteiger partial charge in [0.1, 0.15) is 0 Å². The largest absolute Gasteiger partial charge is 0.459 e. The van der Waals surface area contributed by atoms with E-state index in [0.717, 1.165) is 61.2 Å². The highest BCUT2D eigenvalue weighted by atomic mass is 32.1. The lowest BCUT2D eigenvalue weighted by Crippen LogP contribution is -2.35. The normalized spacial score (nSPS) is 16.2. The van der Waals surface area contributed by atoms with Crippen LogP contribution in [0, 0.1) is 5.92 Å². The average molecular weight is 428 g/mol. The van der Waals surface area contributed by atoms with Gasteiger partial charge in [-0.3, -0.25) is 14.9 Å². The number of anilines is 2. The molecule has 0 radical (unpaired) electrons. The van der Waals surface area contributed by atoms with Gasteiger partial charge < -0.3 is 9.64 Å². The molecule has 1 saturated carbocycles. The number of aromatic nitrogens is 1. The number of esters is 1. The van der Waals surface area contributed by atoms with E-state index in [0.29, 0.717) is 5.13 Å². The number of amides is 2. The Morgan fingerprint density at radius 3 is 2.80 bits per heavy atom. The SMILES string of the molecule is CCOC(=O)C(=O)Nc1nc(-c2ccc3c(c2)CCN3C(=O)C2CCCCC2)cs1. The summed E-state index contributed by atoms with van der Waals surface area (Å²) in [5, 5.41) is 4.65. The molecular formula is C22H25N3O4S. The van der Waals surface area contributed by atoms with Crippen molar-refractivity contribution in [2.24, 2.45) is 5.92 Å². The van der Waals surface area contributed by atoms with Crippen LogP contribution in [0.25, 0.3) is 11.3 Å². The predicted octanol–water partition coefficient (Wildman–Crippen LogP) is 3.78. The highest BCUT2D eigenvalue weighted by Crippen LogP contribution is 2.36. The average Bonchev–Trinajstić information content (AvgIpc) is 3.40. The van der Waals surface area contributed by atoms with Gasteiger partial charge in [0.2, 0.25) is 5.91 Å². The highest BCUT2D eigenvalue weighted by Gasteiger charge is 2.31. The number of fused-ring (bicyclic) bond motifs is 1. The summed E-state index contributed by atoms with van der Waals surface area (Å²) in [6, 6.07) is 6.02. The van der Waals surface area contributed by atoms with Crippen molar-refractivity contribution in [2.45, 2.75) is 45.4 Å². The first kappa shape index (κ1) is 20.5. The number of hydrogen-bond acceptors (Lipinski definition) is 6. The van der Waals surface area contributed by atoms with E-state index in [2.05, 4.69) is 21.1 Å². The van der Waals surface area contributed by atoms with Crippen LogP contribution < -0.4 is 10.2 Å². The number of carbonyl (C=O) groups excluding carboxylic acids is 3. The van der Waals surface area contributed by atoms with E-state index in [9.17, 15) is 14.4 Å². The third kappa shape index (κ3) is 4.23. The van der Waals surface area contributed by atoms with Gasteiger partial charge in [0.05, 0.1) is 12.3 Å². The van der Waals surface area contributed by atoms with E-state index in [-0.39, 0.29) is 18.4 Å². The number of thiazole rings is 1. The number of nitrogens with zero attached hydrogens (tertiary/aromatic N) is 2. The first-order valence-corrected chi connectivity index (χ1v) is 11.3. The highest BCUT2D eigenvalue weighted by molar-refractivity contribution is 7.14. The second-order valence-corrected chi connectivity index (χ2v) is 8.49. The molecule has 1 N–H and O–H groups in total. The van der Waals surface area contributed by atoms with Crippen molar-refractivity contribution in [1.29, 1.82) is 0 Å². The fourth-order valence-electron chi connectivity index (χ4n) is 4.17. The Hall–Kier alpha value is -2.74. The van der Waals surface area contributed by atoms with Gasteiger partial charge in [-0.1, -0.05) is 25.3 Å². The molecule has 1 aromatic heterocycles. The molecule has 8 heteroatoms. The Balaban J connectivity index is 1.46. The van der Waals surface area contributed by atoms with Crippen LogP contribution >= 0.6 is 11.3 Å². The van der Waals surface area contributed by atoms with Crippen molar-refractivity contribution in [1.82, 2.24) is 4.98 Å². The summed E-state index contributed by atoms with van der Waals surface area (Å²) in [7, 11) is 0. The molecule has 2 aliphatic rings. The molecule has 2 heterocycles. The van der Waals surface area contributed by atoms with E-state index in [1.165, 1.54) is 17.8 Å². The summed E-state index contributed by atoms with van der Waals surface area (Å²) >= 11 is 1.25. The molecule has 158 valence electrons. The first-order valence-electron chi connectivity index (χ1n) is 10.4. The van der Waals surface area contributed by atoms with E-state index in [1.54, 1.807) is 6.92 Å². The van der Waals surface area contributed by atoms with Gasteiger partial charge in [0.15, 0.2) is 5.13 Å². The van der Waals surface area contributed by atoms with Crippen molar-refractivity contribution < 1.29 is 19.1 Å². The zero-order chi connectivity index (χ0) is 21.1. The molecule has 0 bridgehead atoms. The van der Waals surface area contributed by atoms with Gasteiger partial charge in [-0.05, 0) is 43.9 Å². The lowest BCUT2D eigenvalue weighted by molar-refractivity contribution is -0.152. The molecule has 30 heavy (non-hydrogen) atoms. The standard InChI is InChI=1S/C22H25N3O4S/c1-2-29-21(28)19(26)24-22-23-17(13-30-22)15-8-9-18-16(12-15)10-11-25(18)20(27)14-6-4-3-5-7-14/h8-9,12-14H,2-7,10-11H2,1H3,(H,23,24,26). The van der Waals surface area contributed by atoms with Crippen LogP contribution in [0.1, 0.15) is 44.6 Å². The van der Waals surface area contributed by atoms with Crippen LogP contribution in [-0.2, 0) is 25.5 Å². The van der Waals surface area contributed by atoms with Gasteiger partial charge in [-0.15, -0.1) is 11.3 Å². The van der Waals surface area contributed by atoms with E-state index in [4.69, 9.17) is 0 Å². The molecule has 0 unspecified atom stereocenters. The quantitative estimate of drug-likeness (QED) is 0.593. The number of benzene rings is 1. The van der Waals surface area contributed by atoms with Crippen molar-refractivity contribution in [3.8, 4) is 11.3 Å². The molecule has 7 nitrogen and oxygen atoms in total. The molecular weight excluding hydrogens is 402 g/mol. The number of ether oxygens (including phenoxy) is 1. The van der Waals surface area contributed by atoms with Crippen LogP contribution in [0.3, 0.4) is 0 Å². The third-order valence-electron chi connectivity index (χ3n) is 5.68. The van der Waals surface area contributed by atoms with Crippen molar-refractivity contribution in [2.75, 3.05) is 23.4 Å². The minimum atomic E-state index is -0.922. The van der Waals surface area contributed by atoms with Crippen molar-refractivity contribution >= 4 is 39.9 Å². The molecule has 1 aliphatic heterocycles. The van der Waals surface area contributed by atoms with Gasteiger partial charge in [0, 0.05) is 29.1 Å². The Morgan fingerprint density at radius 2 is 2.03 bits per heavy atom. The lowest BCUT2D eigenvalue weighted by atomic mass is 9.88. The summed E-state index contributed by atoms with van der Waals surface area (Å²) in [6.45, 7) is 2.52. The molecule has 0 spiro atoms. The summed E-state index contributed by atoms with van der Waals surface area (Å²) in [6.07, 6.45) is 6.37. The molecule has 1 fully saturated rings. The fourth-order valence-corrected chi connectivity index (χ4v) is 4.88. The second-order valence-electron chi connectivity index (χ2n) is 7.63. The maximum atomic E-state index is 13.0. The maximum Gasteiger partial charge on any atom is 0.397 e. The number of rotatable bonds is 4. The molecule has 1 aliphatic carbocycles. The maximum absolute atomic E-state index is 13.0. The Bertz CT molecular complexity index is 965. The van der Waals surface area contributed by atoms with Gasteiger partial charge >= 0.3 is 11.9 Å². The van der Waals surface area contributed by atoms with Crippen molar-refractivity contribution in [3.63, 3.8) is 0 Å². The Morgan fingerprint density at radius 1 is 1.23 bits per heavy atom. The van der Waals surface area contributed by atoms with Crippen molar-refractivity contribution in [3.05, 3.63) is 29.1 Å². The number of nitrogens with one attached hydrogen (secondary N) is 1. The number of carbonyl (C=O) groups is 3. The molecule has 0 atom stereocenters. The van der Waals surface area contributed by atoms with Crippen LogP contribution in [0.5, 0.6) is 0 Å². The number of hydrogen-bond donors (Lipinski definition) is 1. The molecule has 4 rings (SSSR count). The summed E-state index contributed by atoms with van der Waals surface area (Å²) < 4.78 is 4.68. The van der Waals surface area contributed by atoms with Gasteiger partial charge in [-0.25, -0.2) is 9.78 Å². The zero-order valence-electron chi connectivity index (χ0n) is 17.0. The first-order chi connectivity index (χ1) is 14.6. The van der Waals surface area contributed by atoms with Gasteiger partial charge in [0.25, 0.3) is 0 Å². The molecule has 1 aromatic carbocycles. The summed E-state index contributed by atoms with van der Waals surface area (Å²) in [4.78, 5) is 42.6. The Kier molecular flexibility index (Phi) is 6.13. The zero-order valence-corrected chi connectivity index (χ0v) is 17.8. The third-order valence-corrected chi connectivity index (χ3v) is 6.43. The summed E-state index contributed by atoms with van der Waals surface area (Å²) in [5.74, 6) is -1.33. The topological polar surface area (TPSA) is 88.6 Å². The second kappa shape index (κ2) is 8.95. The minimum Gasteiger partial charge on any atom is -0.459 e. The minimum absolute atomic E-state index is 0.144.